The van der Waals surface area contributed by atoms with E-state index in [-0.39, 0.29) is 11.8 Å². The van der Waals surface area contributed by atoms with Crippen LogP contribution in [0, 0.1) is 6.92 Å². The zero-order valence-electron chi connectivity index (χ0n) is 14.7. The average molecular weight is 374 g/mol. The van der Waals surface area contributed by atoms with Crippen molar-refractivity contribution in [3.63, 3.8) is 0 Å². The lowest BCUT2D eigenvalue weighted by molar-refractivity contribution is -0.135. The Balaban J connectivity index is 1.45. The Morgan fingerprint density at radius 3 is 2.65 bits per heavy atom. The first-order chi connectivity index (χ1) is 12.6. The predicted octanol–water partition coefficient (Wildman–Crippen LogP) is 2.28. The molecule has 138 valence electrons. The number of amides is 2. The Hall–Kier alpha value is -2.32. The molecule has 1 N–H and O–H groups in total. The molecule has 7 nitrogen and oxygen atoms in total. The van der Waals surface area contributed by atoms with Gasteiger partial charge in [-0.05, 0) is 25.5 Å². The van der Waals surface area contributed by atoms with Crippen LogP contribution in [0.1, 0.15) is 33.2 Å². The van der Waals surface area contributed by atoms with E-state index in [0.29, 0.717) is 50.6 Å². The number of nitrogens with one attached hydrogen (secondary N) is 1. The largest absolute Gasteiger partial charge is 0.378 e. The first-order valence-corrected chi connectivity index (χ1v) is 9.49. The van der Waals surface area contributed by atoms with Crippen LogP contribution in [0.2, 0.25) is 0 Å². The highest BCUT2D eigenvalue weighted by atomic mass is 32.1. The molecule has 1 aromatic carbocycles. The van der Waals surface area contributed by atoms with Crippen LogP contribution in [0.5, 0.6) is 0 Å². The van der Waals surface area contributed by atoms with Crippen LogP contribution in [0.15, 0.2) is 24.3 Å². The fourth-order valence-corrected chi connectivity index (χ4v) is 3.41. The minimum absolute atomic E-state index is 0.148. The molecule has 2 aromatic rings. The highest BCUT2D eigenvalue weighted by Gasteiger charge is 2.17. The van der Waals surface area contributed by atoms with Gasteiger partial charge < -0.3 is 15.0 Å². The molecule has 8 heteroatoms. The first kappa shape index (κ1) is 18.5. The van der Waals surface area contributed by atoms with E-state index < -0.39 is 0 Å². The summed E-state index contributed by atoms with van der Waals surface area (Å²) in [6.45, 7) is 4.55. The van der Waals surface area contributed by atoms with Crippen molar-refractivity contribution in [2.24, 2.45) is 0 Å². The summed E-state index contributed by atoms with van der Waals surface area (Å²) < 4.78 is 5.25. The van der Waals surface area contributed by atoms with Crippen LogP contribution in [0.4, 0.5) is 5.69 Å². The van der Waals surface area contributed by atoms with Gasteiger partial charge in [0.2, 0.25) is 10.9 Å². The molecule has 3 rings (SSSR count). The van der Waals surface area contributed by atoms with E-state index in [1.54, 1.807) is 0 Å². The molecule has 0 saturated carbocycles. The molecule has 0 spiro atoms. The first-order valence-electron chi connectivity index (χ1n) is 8.68. The van der Waals surface area contributed by atoms with Gasteiger partial charge in [-0.25, -0.2) is 0 Å². The maximum atomic E-state index is 12.2. The molecule has 1 aromatic heterocycles. The summed E-state index contributed by atoms with van der Waals surface area (Å²) in [6.07, 6.45) is 1.82. The van der Waals surface area contributed by atoms with Crippen LogP contribution >= 0.6 is 11.3 Å². The summed E-state index contributed by atoms with van der Waals surface area (Å²) in [6, 6.07) is 7.58. The molecule has 1 fully saturated rings. The molecule has 1 aliphatic rings. The number of hydrogen-bond acceptors (Lipinski definition) is 6. The van der Waals surface area contributed by atoms with Gasteiger partial charge in [0.25, 0.3) is 5.91 Å². The van der Waals surface area contributed by atoms with Crippen molar-refractivity contribution < 1.29 is 14.3 Å². The second kappa shape index (κ2) is 8.86. The predicted molar refractivity (Wildman–Crippen MR) is 99.4 cm³/mol. The number of anilines is 1. The van der Waals surface area contributed by atoms with Gasteiger partial charge in [-0.3, -0.25) is 9.59 Å². The number of morpholine rings is 1. The zero-order chi connectivity index (χ0) is 18.4. The maximum Gasteiger partial charge on any atom is 0.286 e. The number of benzene rings is 1. The molecule has 1 aliphatic heterocycles. The topological polar surface area (TPSA) is 84.4 Å². The molecule has 0 bridgehead atoms. The van der Waals surface area contributed by atoms with E-state index in [9.17, 15) is 9.59 Å². The molecule has 0 aliphatic carbocycles. The summed E-state index contributed by atoms with van der Waals surface area (Å²) in [4.78, 5) is 26.2. The fourth-order valence-electron chi connectivity index (χ4n) is 2.63. The highest BCUT2D eigenvalue weighted by Crippen LogP contribution is 2.16. The SMILES string of the molecule is Cc1ccc(NC(=O)c2nnc(CCCC(=O)N3CCOCC3)s2)cc1. The van der Waals surface area contributed by atoms with Crippen molar-refractivity contribution in [1.29, 1.82) is 0 Å². The summed E-state index contributed by atoms with van der Waals surface area (Å²) in [5.41, 5.74) is 1.86. The number of rotatable bonds is 6. The zero-order valence-corrected chi connectivity index (χ0v) is 15.6. The van der Waals surface area contributed by atoms with Crippen molar-refractivity contribution in [3.8, 4) is 0 Å². The molecule has 2 heterocycles. The van der Waals surface area contributed by atoms with E-state index in [1.807, 2.05) is 36.1 Å². The van der Waals surface area contributed by atoms with Crippen molar-refractivity contribution in [2.75, 3.05) is 31.6 Å². The van der Waals surface area contributed by atoms with Gasteiger partial charge in [-0.2, -0.15) is 0 Å². The number of hydrogen-bond donors (Lipinski definition) is 1. The van der Waals surface area contributed by atoms with Crippen LogP contribution < -0.4 is 5.32 Å². The lowest BCUT2D eigenvalue weighted by Crippen LogP contribution is -2.40. The van der Waals surface area contributed by atoms with E-state index in [4.69, 9.17) is 4.74 Å². The molecular weight excluding hydrogens is 352 g/mol. The number of aryl methyl sites for hydroxylation is 2. The molecular formula is C18H22N4O3S. The van der Waals surface area contributed by atoms with Gasteiger partial charge in [0.05, 0.1) is 13.2 Å². The Kier molecular flexibility index (Phi) is 6.30. The number of nitrogens with zero attached hydrogens (tertiary/aromatic N) is 3. The Morgan fingerprint density at radius 2 is 1.92 bits per heavy atom. The van der Waals surface area contributed by atoms with Crippen molar-refractivity contribution in [3.05, 3.63) is 39.8 Å². The second-order valence-electron chi connectivity index (χ2n) is 6.17. The lowest BCUT2D eigenvalue weighted by atomic mass is 10.2. The normalized spacial score (nSPS) is 14.3. The molecule has 0 unspecified atom stereocenters. The highest BCUT2D eigenvalue weighted by molar-refractivity contribution is 7.13. The molecule has 2 amide bonds. The van der Waals surface area contributed by atoms with E-state index in [1.165, 1.54) is 11.3 Å². The van der Waals surface area contributed by atoms with Crippen LogP contribution in [0.25, 0.3) is 0 Å². The molecule has 26 heavy (non-hydrogen) atoms. The minimum Gasteiger partial charge on any atom is -0.378 e. The van der Waals surface area contributed by atoms with E-state index in [2.05, 4.69) is 15.5 Å². The third kappa shape index (κ3) is 5.09. The minimum atomic E-state index is -0.262. The summed E-state index contributed by atoms with van der Waals surface area (Å²) in [5, 5.41) is 11.9. The number of carbonyl (C=O) groups excluding carboxylic acids is 2. The van der Waals surface area contributed by atoms with Crippen molar-refractivity contribution in [1.82, 2.24) is 15.1 Å². The monoisotopic (exact) mass is 374 g/mol. The Labute approximate surface area is 156 Å². The number of ether oxygens (including phenoxy) is 1. The Morgan fingerprint density at radius 1 is 1.19 bits per heavy atom. The summed E-state index contributed by atoms with van der Waals surface area (Å²) >= 11 is 1.27. The van der Waals surface area contributed by atoms with Crippen molar-refractivity contribution in [2.45, 2.75) is 26.2 Å². The van der Waals surface area contributed by atoms with Gasteiger partial charge in [0.1, 0.15) is 5.01 Å². The van der Waals surface area contributed by atoms with Gasteiger partial charge in [-0.15, -0.1) is 10.2 Å². The lowest BCUT2D eigenvalue weighted by Gasteiger charge is -2.26. The standard InChI is InChI=1S/C18H22N4O3S/c1-13-5-7-14(8-6-13)19-17(24)18-21-20-15(26-18)3-2-4-16(23)22-9-11-25-12-10-22/h5-8H,2-4,9-12H2,1H3,(H,19,24). The Bertz CT molecular complexity index is 754. The second-order valence-corrected chi connectivity index (χ2v) is 7.23. The molecule has 0 atom stereocenters. The fraction of sp³-hybridized carbons (Fsp3) is 0.444. The molecule has 1 saturated heterocycles. The van der Waals surface area contributed by atoms with E-state index >= 15 is 0 Å². The van der Waals surface area contributed by atoms with Crippen LogP contribution in [-0.4, -0.2) is 53.2 Å². The van der Waals surface area contributed by atoms with Crippen molar-refractivity contribution >= 4 is 28.8 Å². The van der Waals surface area contributed by atoms with E-state index in [0.717, 1.165) is 16.3 Å². The van der Waals surface area contributed by atoms with Gasteiger partial charge in [-0.1, -0.05) is 29.0 Å². The van der Waals surface area contributed by atoms with Gasteiger partial charge in [0, 0.05) is 31.6 Å². The van der Waals surface area contributed by atoms with Gasteiger partial charge >= 0.3 is 0 Å². The smallest absolute Gasteiger partial charge is 0.286 e. The third-order valence-corrected chi connectivity index (χ3v) is 5.10. The molecule has 0 radical (unpaired) electrons. The third-order valence-electron chi connectivity index (χ3n) is 4.12. The number of carbonyl (C=O) groups is 2. The van der Waals surface area contributed by atoms with Crippen LogP contribution in [0.3, 0.4) is 0 Å². The maximum absolute atomic E-state index is 12.2. The summed E-state index contributed by atoms with van der Waals surface area (Å²) in [5.74, 6) is -0.114. The summed E-state index contributed by atoms with van der Waals surface area (Å²) in [7, 11) is 0. The number of aromatic nitrogens is 2. The average Bonchev–Trinajstić information content (AvgIpc) is 3.13. The quantitative estimate of drug-likeness (QED) is 0.839. The van der Waals surface area contributed by atoms with Crippen LogP contribution in [-0.2, 0) is 16.0 Å². The van der Waals surface area contributed by atoms with Gasteiger partial charge in [0.15, 0.2) is 0 Å².